The van der Waals surface area contributed by atoms with Crippen molar-refractivity contribution in [3.8, 4) is 0 Å². The Morgan fingerprint density at radius 3 is 2.18 bits per heavy atom. The average molecular weight is 450 g/mol. The van der Waals surface area contributed by atoms with Crippen molar-refractivity contribution in [2.75, 3.05) is 6.54 Å². The monoisotopic (exact) mass is 449 g/mol. The Kier molecular flexibility index (Phi) is 10.1. The van der Waals surface area contributed by atoms with Crippen LogP contribution in [0.2, 0.25) is 0 Å². The third-order valence-electron chi connectivity index (χ3n) is 6.57. The van der Waals surface area contributed by atoms with Gasteiger partial charge in [0.15, 0.2) is 5.78 Å². The summed E-state index contributed by atoms with van der Waals surface area (Å²) in [7, 11) is 0. The molecule has 3 N–H and O–H groups in total. The van der Waals surface area contributed by atoms with Gasteiger partial charge in [-0.25, -0.2) is 0 Å². The van der Waals surface area contributed by atoms with Crippen LogP contribution in [0.5, 0.6) is 0 Å². The molecular weight excluding hydrogens is 410 g/mol. The van der Waals surface area contributed by atoms with Crippen molar-refractivity contribution in [1.82, 2.24) is 16.0 Å². The Balaban J connectivity index is 1.37. The highest BCUT2D eigenvalue weighted by Crippen LogP contribution is 2.17. The minimum atomic E-state index is -0.179. The Morgan fingerprint density at radius 1 is 0.848 bits per heavy atom. The number of benzene rings is 2. The molecule has 2 atom stereocenters. The smallest absolute Gasteiger partial charge is 0.251 e. The van der Waals surface area contributed by atoms with Crippen molar-refractivity contribution in [3.05, 3.63) is 71.3 Å². The fourth-order valence-corrected chi connectivity index (χ4v) is 4.49. The molecule has 1 unspecified atom stereocenters. The van der Waals surface area contributed by atoms with Gasteiger partial charge in [0.1, 0.15) is 0 Å². The van der Waals surface area contributed by atoms with Crippen molar-refractivity contribution in [2.45, 2.75) is 83.5 Å². The largest absolute Gasteiger partial charge is 0.348 e. The van der Waals surface area contributed by atoms with E-state index in [0.29, 0.717) is 18.2 Å². The third kappa shape index (κ3) is 8.41. The van der Waals surface area contributed by atoms with Crippen LogP contribution in [-0.2, 0) is 17.8 Å². The lowest BCUT2D eigenvalue weighted by Gasteiger charge is -2.24. The SMILES string of the molecule is CC(NC1CCCCCC1)C(=O)[C@H](C)NCCc1ccc(C(=O)NCc2ccccc2)cc1. The highest BCUT2D eigenvalue weighted by atomic mass is 16.1. The summed E-state index contributed by atoms with van der Waals surface area (Å²) in [6, 6.07) is 17.8. The number of nitrogens with one attached hydrogen (secondary N) is 3. The molecule has 5 nitrogen and oxygen atoms in total. The Hall–Kier alpha value is -2.50. The first-order chi connectivity index (χ1) is 16.0. The van der Waals surface area contributed by atoms with E-state index in [9.17, 15) is 9.59 Å². The summed E-state index contributed by atoms with van der Waals surface area (Å²) in [5.41, 5.74) is 2.88. The topological polar surface area (TPSA) is 70.2 Å². The highest BCUT2D eigenvalue weighted by Gasteiger charge is 2.22. The number of carbonyl (C=O) groups excluding carboxylic acids is 2. The van der Waals surface area contributed by atoms with Crippen molar-refractivity contribution in [1.29, 1.82) is 0 Å². The molecular formula is C28H39N3O2. The summed E-state index contributed by atoms with van der Waals surface area (Å²) < 4.78 is 0. The van der Waals surface area contributed by atoms with Crippen LogP contribution >= 0.6 is 0 Å². The van der Waals surface area contributed by atoms with Crippen LogP contribution in [0.4, 0.5) is 0 Å². The molecule has 0 aliphatic heterocycles. The standard InChI is InChI=1S/C28H39N3O2/c1-21(27(32)22(2)31-26-12-8-3-4-9-13-26)29-19-18-23-14-16-25(17-15-23)28(33)30-20-24-10-6-5-7-11-24/h5-7,10-11,14-17,21-22,26,29,31H,3-4,8-9,12-13,18-20H2,1-2H3,(H,30,33)/t21-,22?/m0/s1. The summed E-state index contributed by atoms with van der Waals surface area (Å²) >= 11 is 0. The molecule has 33 heavy (non-hydrogen) atoms. The maximum absolute atomic E-state index is 12.8. The van der Waals surface area contributed by atoms with Gasteiger partial charge >= 0.3 is 0 Å². The van der Waals surface area contributed by atoms with E-state index in [1.807, 2.05) is 68.4 Å². The average Bonchev–Trinajstić information content (AvgIpc) is 3.11. The van der Waals surface area contributed by atoms with Gasteiger partial charge in [-0.1, -0.05) is 68.1 Å². The second-order valence-corrected chi connectivity index (χ2v) is 9.27. The van der Waals surface area contributed by atoms with Crippen LogP contribution < -0.4 is 16.0 Å². The number of hydrogen-bond acceptors (Lipinski definition) is 4. The summed E-state index contributed by atoms with van der Waals surface area (Å²) in [5.74, 6) is 0.155. The molecule has 3 rings (SSSR count). The van der Waals surface area contributed by atoms with Gasteiger partial charge < -0.3 is 16.0 Å². The van der Waals surface area contributed by atoms with Crippen molar-refractivity contribution in [3.63, 3.8) is 0 Å². The number of carbonyl (C=O) groups is 2. The first-order valence-electron chi connectivity index (χ1n) is 12.5. The molecule has 0 saturated heterocycles. The van der Waals surface area contributed by atoms with Crippen LogP contribution in [0.1, 0.15) is 73.9 Å². The molecule has 1 aliphatic carbocycles. The van der Waals surface area contributed by atoms with Gasteiger partial charge in [-0.2, -0.15) is 0 Å². The van der Waals surface area contributed by atoms with Gasteiger partial charge in [0.05, 0.1) is 12.1 Å². The van der Waals surface area contributed by atoms with E-state index in [1.54, 1.807) is 0 Å². The number of ketones is 1. The normalized spacial score (nSPS) is 16.5. The van der Waals surface area contributed by atoms with E-state index < -0.39 is 0 Å². The molecule has 0 spiro atoms. The maximum atomic E-state index is 12.8. The Labute approximate surface area is 198 Å². The molecule has 1 aliphatic rings. The molecule has 1 fully saturated rings. The van der Waals surface area contributed by atoms with Crippen molar-refractivity contribution in [2.24, 2.45) is 0 Å². The Bertz CT molecular complexity index is 858. The zero-order chi connectivity index (χ0) is 23.5. The van der Waals surface area contributed by atoms with Crippen LogP contribution in [0.25, 0.3) is 0 Å². The van der Waals surface area contributed by atoms with Gasteiger partial charge in [-0.15, -0.1) is 0 Å². The Morgan fingerprint density at radius 2 is 1.52 bits per heavy atom. The molecule has 2 aromatic rings. The summed E-state index contributed by atoms with van der Waals surface area (Å²) in [4.78, 5) is 25.1. The minimum absolute atomic E-state index is 0.0714. The van der Waals surface area contributed by atoms with E-state index in [2.05, 4.69) is 16.0 Å². The zero-order valence-electron chi connectivity index (χ0n) is 20.1. The number of hydrogen-bond donors (Lipinski definition) is 3. The molecule has 0 aromatic heterocycles. The highest BCUT2D eigenvalue weighted by molar-refractivity contribution is 5.94. The fraction of sp³-hybridized carbons (Fsp3) is 0.500. The molecule has 0 heterocycles. The van der Waals surface area contributed by atoms with E-state index in [-0.39, 0.29) is 23.8 Å². The van der Waals surface area contributed by atoms with Gasteiger partial charge in [0.2, 0.25) is 0 Å². The lowest BCUT2D eigenvalue weighted by atomic mass is 10.0. The van der Waals surface area contributed by atoms with E-state index in [1.165, 1.54) is 38.5 Å². The fourth-order valence-electron chi connectivity index (χ4n) is 4.49. The predicted molar refractivity (Wildman–Crippen MR) is 134 cm³/mol. The van der Waals surface area contributed by atoms with Gasteiger partial charge in [-0.05, 0) is 62.9 Å². The third-order valence-corrected chi connectivity index (χ3v) is 6.57. The van der Waals surface area contributed by atoms with Crippen molar-refractivity contribution >= 4 is 11.7 Å². The van der Waals surface area contributed by atoms with Gasteiger partial charge in [0.25, 0.3) is 5.91 Å². The number of rotatable bonds is 11. The minimum Gasteiger partial charge on any atom is -0.348 e. The van der Waals surface area contributed by atoms with Gasteiger partial charge in [-0.3, -0.25) is 9.59 Å². The van der Waals surface area contributed by atoms with Crippen LogP contribution in [-0.4, -0.2) is 36.4 Å². The predicted octanol–water partition coefficient (Wildman–Crippen LogP) is 4.41. The van der Waals surface area contributed by atoms with E-state index >= 15 is 0 Å². The van der Waals surface area contributed by atoms with Crippen LogP contribution in [0.3, 0.4) is 0 Å². The maximum Gasteiger partial charge on any atom is 0.251 e. The van der Waals surface area contributed by atoms with Gasteiger partial charge in [0, 0.05) is 18.2 Å². The molecule has 0 radical (unpaired) electrons. The van der Waals surface area contributed by atoms with E-state index in [0.717, 1.165) is 24.1 Å². The molecule has 1 amide bonds. The molecule has 5 heteroatoms. The second kappa shape index (κ2) is 13.3. The summed E-state index contributed by atoms with van der Waals surface area (Å²) in [5, 5.41) is 9.88. The summed E-state index contributed by atoms with van der Waals surface area (Å²) in [6.07, 6.45) is 8.34. The molecule has 1 saturated carbocycles. The molecule has 0 bridgehead atoms. The first kappa shape index (κ1) is 25.1. The zero-order valence-corrected chi connectivity index (χ0v) is 20.1. The van der Waals surface area contributed by atoms with E-state index in [4.69, 9.17) is 0 Å². The lowest BCUT2D eigenvalue weighted by Crippen LogP contribution is -2.48. The lowest BCUT2D eigenvalue weighted by molar-refractivity contribution is -0.122. The molecule has 178 valence electrons. The van der Waals surface area contributed by atoms with Crippen LogP contribution in [0, 0.1) is 0 Å². The molecule has 2 aromatic carbocycles. The number of amides is 1. The quantitative estimate of drug-likeness (QED) is 0.445. The van der Waals surface area contributed by atoms with Crippen LogP contribution in [0.15, 0.2) is 54.6 Å². The second-order valence-electron chi connectivity index (χ2n) is 9.27. The first-order valence-corrected chi connectivity index (χ1v) is 12.5. The number of Topliss-reactive ketones (excluding diaryl/α,β-unsaturated/α-hetero) is 1. The summed E-state index contributed by atoms with van der Waals surface area (Å²) in [6.45, 7) is 5.19. The van der Waals surface area contributed by atoms with Crippen molar-refractivity contribution < 1.29 is 9.59 Å².